The van der Waals surface area contributed by atoms with E-state index in [9.17, 15) is 0 Å². The monoisotopic (exact) mass is 378 g/mol. The predicted octanol–water partition coefficient (Wildman–Crippen LogP) is 8.12. The lowest BCUT2D eigenvalue weighted by Gasteiger charge is -2.38. The second-order valence-corrected chi connectivity index (χ2v) is 9.38. The van der Waals surface area contributed by atoms with Crippen molar-refractivity contribution >= 4 is 10.8 Å². The third-order valence-corrected chi connectivity index (χ3v) is 7.65. The van der Waals surface area contributed by atoms with E-state index in [4.69, 9.17) is 4.74 Å². The van der Waals surface area contributed by atoms with E-state index in [0.29, 0.717) is 0 Å². The summed E-state index contributed by atoms with van der Waals surface area (Å²) in [6.07, 6.45) is 14.6. The molecule has 2 aromatic carbocycles. The fourth-order valence-corrected chi connectivity index (χ4v) is 6.03. The average molecular weight is 379 g/mol. The standard InChI is InChI=1S/C27H38O/c1-3-5-20-6-8-21(9-7-20)22-10-12-23(13-11-22)24-14-15-26-19-27(28-4-2)17-16-25(26)18-24/h14-23H,3-13H2,1-2H3. The van der Waals surface area contributed by atoms with Crippen molar-refractivity contribution in [3.05, 3.63) is 42.0 Å². The Kier molecular flexibility index (Phi) is 6.60. The second-order valence-electron chi connectivity index (χ2n) is 9.38. The molecule has 1 heteroatoms. The maximum absolute atomic E-state index is 5.65. The molecule has 2 aromatic rings. The highest BCUT2D eigenvalue weighted by molar-refractivity contribution is 5.84. The molecule has 0 N–H and O–H groups in total. The number of fused-ring (bicyclic) bond motifs is 1. The SMILES string of the molecule is CCCC1CCC(C2CCC(c3ccc4cc(OCC)ccc4c3)CC2)CC1. The lowest BCUT2D eigenvalue weighted by molar-refractivity contribution is 0.156. The van der Waals surface area contributed by atoms with Gasteiger partial charge in [-0.1, -0.05) is 56.9 Å². The van der Waals surface area contributed by atoms with E-state index in [1.165, 1.54) is 75.0 Å². The maximum atomic E-state index is 5.65. The fourth-order valence-electron chi connectivity index (χ4n) is 6.03. The van der Waals surface area contributed by atoms with Crippen molar-refractivity contribution in [1.29, 1.82) is 0 Å². The minimum atomic E-state index is 0.729. The molecule has 2 aliphatic rings. The van der Waals surface area contributed by atoms with Crippen molar-refractivity contribution < 1.29 is 4.74 Å². The van der Waals surface area contributed by atoms with Crippen LogP contribution < -0.4 is 4.74 Å². The normalized spacial score (nSPS) is 28.4. The zero-order valence-corrected chi connectivity index (χ0v) is 18.0. The van der Waals surface area contributed by atoms with Gasteiger partial charge in [0.2, 0.25) is 0 Å². The van der Waals surface area contributed by atoms with Crippen LogP contribution in [0.4, 0.5) is 0 Å². The van der Waals surface area contributed by atoms with Gasteiger partial charge in [-0.2, -0.15) is 0 Å². The molecule has 0 amide bonds. The van der Waals surface area contributed by atoms with Crippen molar-refractivity contribution in [2.24, 2.45) is 17.8 Å². The van der Waals surface area contributed by atoms with Gasteiger partial charge in [-0.3, -0.25) is 0 Å². The summed E-state index contributed by atoms with van der Waals surface area (Å²) in [5.41, 5.74) is 1.56. The van der Waals surface area contributed by atoms with Crippen molar-refractivity contribution in [2.45, 2.75) is 84.0 Å². The molecule has 4 rings (SSSR count). The van der Waals surface area contributed by atoms with E-state index in [0.717, 1.165) is 36.0 Å². The van der Waals surface area contributed by atoms with Crippen LogP contribution in [0.5, 0.6) is 5.75 Å². The van der Waals surface area contributed by atoms with Crippen LogP contribution in [0.3, 0.4) is 0 Å². The van der Waals surface area contributed by atoms with Crippen LogP contribution in [0.1, 0.15) is 89.5 Å². The van der Waals surface area contributed by atoms with E-state index < -0.39 is 0 Å². The molecule has 0 aromatic heterocycles. The zero-order chi connectivity index (χ0) is 19.3. The van der Waals surface area contributed by atoms with Gasteiger partial charge >= 0.3 is 0 Å². The highest BCUT2D eigenvalue weighted by Gasteiger charge is 2.31. The number of rotatable bonds is 6. The minimum absolute atomic E-state index is 0.729. The topological polar surface area (TPSA) is 9.23 Å². The molecule has 2 fully saturated rings. The summed E-state index contributed by atoms with van der Waals surface area (Å²) in [6.45, 7) is 5.12. The van der Waals surface area contributed by atoms with E-state index in [1.54, 1.807) is 5.56 Å². The largest absolute Gasteiger partial charge is 0.494 e. The van der Waals surface area contributed by atoms with Crippen LogP contribution >= 0.6 is 0 Å². The maximum Gasteiger partial charge on any atom is 0.119 e. The first-order valence-corrected chi connectivity index (χ1v) is 11.9. The molecule has 0 radical (unpaired) electrons. The third kappa shape index (κ3) is 4.56. The molecule has 0 spiro atoms. The molecule has 1 nitrogen and oxygen atoms in total. The van der Waals surface area contributed by atoms with Crippen LogP contribution in [0.2, 0.25) is 0 Å². The van der Waals surface area contributed by atoms with Gasteiger partial charge in [-0.05, 0) is 97.6 Å². The van der Waals surface area contributed by atoms with Gasteiger partial charge in [0.25, 0.3) is 0 Å². The summed E-state index contributed by atoms with van der Waals surface area (Å²) in [5, 5.41) is 2.66. The first-order valence-electron chi connectivity index (χ1n) is 11.9. The molecular weight excluding hydrogens is 340 g/mol. The second kappa shape index (κ2) is 9.33. The molecule has 0 saturated heterocycles. The van der Waals surface area contributed by atoms with Crippen LogP contribution in [0.15, 0.2) is 36.4 Å². The number of benzene rings is 2. The van der Waals surface area contributed by atoms with E-state index in [1.807, 2.05) is 6.92 Å². The van der Waals surface area contributed by atoms with Gasteiger partial charge in [0.15, 0.2) is 0 Å². The van der Waals surface area contributed by atoms with Crippen LogP contribution in [-0.2, 0) is 0 Å². The summed E-state index contributed by atoms with van der Waals surface area (Å²) in [6, 6.07) is 13.6. The summed E-state index contributed by atoms with van der Waals surface area (Å²) in [5.74, 6) is 4.83. The van der Waals surface area contributed by atoms with Gasteiger partial charge in [-0.25, -0.2) is 0 Å². The Labute approximate surface area is 171 Å². The van der Waals surface area contributed by atoms with E-state index in [-0.39, 0.29) is 0 Å². The van der Waals surface area contributed by atoms with Crippen LogP contribution in [0, 0.1) is 17.8 Å². The molecule has 0 unspecified atom stereocenters. The molecule has 0 heterocycles. The quantitative estimate of drug-likeness (QED) is 0.493. The lowest BCUT2D eigenvalue weighted by atomic mass is 9.68. The predicted molar refractivity (Wildman–Crippen MR) is 120 cm³/mol. The van der Waals surface area contributed by atoms with Gasteiger partial charge in [0.05, 0.1) is 6.61 Å². The number of hydrogen-bond donors (Lipinski definition) is 0. The molecule has 0 aliphatic heterocycles. The average Bonchev–Trinajstić information content (AvgIpc) is 2.75. The smallest absolute Gasteiger partial charge is 0.119 e. The zero-order valence-electron chi connectivity index (χ0n) is 18.0. The highest BCUT2D eigenvalue weighted by Crippen LogP contribution is 2.44. The highest BCUT2D eigenvalue weighted by atomic mass is 16.5. The van der Waals surface area contributed by atoms with Crippen molar-refractivity contribution in [3.63, 3.8) is 0 Å². The third-order valence-electron chi connectivity index (χ3n) is 7.65. The Morgan fingerprint density at radius 3 is 2.07 bits per heavy atom. The Bertz CT molecular complexity index is 748. The Morgan fingerprint density at radius 1 is 0.750 bits per heavy atom. The summed E-state index contributed by atoms with van der Waals surface area (Å²) >= 11 is 0. The number of ether oxygens (including phenoxy) is 1. The van der Waals surface area contributed by atoms with Crippen molar-refractivity contribution in [2.75, 3.05) is 6.61 Å². The van der Waals surface area contributed by atoms with Gasteiger partial charge in [0, 0.05) is 0 Å². The Hall–Kier alpha value is -1.50. The molecule has 2 aliphatic carbocycles. The van der Waals surface area contributed by atoms with Gasteiger partial charge in [0.1, 0.15) is 5.75 Å². The van der Waals surface area contributed by atoms with Gasteiger partial charge < -0.3 is 4.74 Å². The molecule has 2 saturated carbocycles. The lowest BCUT2D eigenvalue weighted by Crippen LogP contribution is -2.25. The first kappa shape index (κ1) is 19.8. The van der Waals surface area contributed by atoms with Crippen LogP contribution in [-0.4, -0.2) is 6.61 Å². The minimum Gasteiger partial charge on any atom is -0.494 e. The molecule has 0 atom stereocenters. The summed E-state index contributed by atoms with van der Waals surface area (Å²) < 4.78 is 5.65. The summed E-state index contributed by atoms with van der Waals surface area (Å²) in [7, 11) is 0. The summed E-state index contributed by atoms with van der Waals surface area (Å²) in [4.78, 5) is 0. The first-order chi connectivity index (χ1) is 13.8. The van der Waals surface area contributed by atoms with Crippen molar-refractivity contribution in [3.8, 4) is 5.75 Å². The number of hydrogen-bond acceptors (Lipinski definition) is 1. The molecular formula is C27H38O. The van der Waals surface area contributed by atoms with E-state index in [2.05, 4.69) is 43.3 Å². The van der Waals surface area contributed by atoms with Gasteiger partial charge in [-0.15, -0.1) is 0 Å². The fraction of sp³-hybridized carbons (Fsp3) is 0.630. The molecule has 28 heavy (non-hydrogen) atoms. The van der Waals surface area contributed by atoms with E-state index >= 15 is 0 Å². The van der Waals surface area contributed by atoms with Crippen LogP contribution in [0.25, 0.3) is 10.8 Å². The molecule has 0 bridgehead atoms. The molecule has 152 valence electrons. The Morgan fingerprint density at radius 2 is 1.39 bits per heavy atom. The van der Waals surface area contributed by atoms with Crippen molar-refractivity contribution in [1.82, 2.24) is 0 Å². The Balaban J connectivity index is 1.34.